The van der Waals surface area contributed by atoms with E-state index in [1.165, 1.54) is 4.90 Å². The number of rotatable bonds is 5. The molecule has 3 atom stereocenters. The molecular formula is C23H23ClN2O4. The Labute approximate surface area is 180 Å². The van der Waals surface area contributed by atoms with Crippen molar-refractivity contribution in [3.05, 3.63) is 70.2 Å². The van der Waals surface area contributed by atoms with Crippen LogP contribution in [0.5, 0.6) is 0 Å². The molecule has 6 nitrogen and oxygen atoms in total. The zero-order valence-electron chi connectivity index (χ0n) is 16.6. The minimum atomic E-state index is -0.840. The molecule has 0 bridgehead atoms. The molecule has 0 aromatic heterocycles. The van der Waals surface area contributed by atoms with Gasteiger partial charge in [0.05, 0.1) is 23.1 Å². The summed E-state index contributed by atoms with van der Waals surface area (Å²) in [6, 6.07) is 13.8. The molecule has 1 unspecified atom stereocenters. The van der Waals surface area contributed by atoms with Crippen LogP contribution >= 0.6 is 11.6 Å². The third kappa shape index (κ3) is 3.73. The first-order valence-corrected chi connectivity index (χ1v) is 10.4. The largest absolute Gasteiger partial charge is 0.481 e. The number of nitrogens with zero attached hydrogens (tertiary/aromatic N) is 2. The standard InChI is InChI=1S/C23H23ClN2O4/c1-14(26-21(27)18-4-2-3-5-19(18)22(26)28)12-25-11-10-17(20(13-25)23(29)30)15-6-8-16(24)9-7-15/h2-9,14,17,20H,10-13H2,1H3,(H,29,30)/t14?,17-,20-/m1/s1. The highest BCUT2D eigenvalue weighted by atomic mass is 35.5. The van der Waals surface area contributed by atoms with Crippen LogP contribution in [0.15, 0.2) is 48.5 Å². The van der Waals surface area contributed by atoms with E-state index in [0.717, 1.165) is 5.56 Å². The summed E-state index contributed by atoms with van der Waals surface area (Å²) in [5.74, 6) is -2.06. The first kappa shape index (κ1) is 20.6. The number of carboxylic acid groups (broad SMARTS) is 1. The van der Waals surface area contributed by atoms with E-state index in [1.807, 2.05) is 24.0 Å². The molecule has 0 saturated carbocycles. The lowest BCUT2D eigenvalue weighted by molar-refractivity contribution is -0.144. The van der Waals surface area contributed by atoms with Gasteiger partial charge in [-0.2, -0.15) is 0 Å². The topological polar surface area (TPSA) is 77.9 Å². The maximum absolute atomic E-state index is 12.7. The maximum Gasteiger partial charge on any atom is 0.308 e. The van der Waals surface area contributed by atoms with Crippen LogP contribution in [0.2, 0.25) is 5.02 Å². The van der Waals surface area contributed by atoms with Gasteiger partial charge in [0, 0.05) is 18.1 Å². The summed E-state index contributed by atoms with van der Waals surface area (Å²) in [5.41, 5.74) is 1.83. The van der Waals surface area contributed by atoms with Crippen LogP contribution in [0.1, 0.15) is 45.5 Å². The highest BCUT2D eigenvalue weighted by Crippen LogP contribution is 2.34. The molecule has 156 valence electrons. The molecule has 1 N–H and O–H groups in total. The number of carbonyl (C=O) groups excluding carboxylic acids is 2. The number of hydrogen-bond acceptors (Lipinski definition) is 4. The van der Waals surface area contributed by atoms with Gasteiger partial charge >= 0.3 is 5.97 Å². The Morgan fingerprint density at radius 2 is 1.70 bits per heavy atom. The van der Waals surface area contributed by atoms with Gasteiger partial charge in [-0.1, -0.05) is 35.9 Å². The molecule has 4 rings (SSSR count). The van der Waals surface area contributed by atoms with Gasteiger partial charge in [0.2, 0.25) is 0 Å². The number of hydrogen-bond donors (Lipinski definition) is 1. The van der Waals surface area contributed by atoms with Crippen LogP contribution in [0.4, 0.5) is 0 Å². The van der Waals surface area contributed by atoms with Gasteiger partial charge < -0.3 is 10.0 Å². The lowest BCUT2D eigenvalue weighted by Crippen LogP contribution is -2.50. The van der Waals surface area contributed by atoms with E-state index in [0.29, 0.717) is 42.2 Å². The normalized spacial score (nSPS) is 22.8. The van der Waals surface area contributed by atoms with E-state index >= 15 is 0 Å². The second-order valence-corrected chi connectivity index (χ2v) is 8.46. The van der Waals surface area contributed by atoms with E-state index in [9.17, 15) is 19.5 Å². The van der Waals surface area contributed by atoms with Gasteiger partial charge in [0.15, 0.2) is 0 Å². The van der Waals surface area contributed by atoms with Crippen LogP contribution in [0.3, 0.4) is 0 Å². The Morgan fingerprint density at radius 3 is 2.27 bits per heavy atom. The van der Waals surface area contributed by atoms with Gasteiger partial charge in [0.1, 0.15) is 0 Å². The van der Waals surface area contributed by atoms with Crippen LogP contribution in [-0.2, 0) is 4.79 Å². The van der Waals surface area contributed by atoms with Gasteiger partial charge in [-0.15, -0.1) is 0 Å². The summed E-state index contributed by atoms with van der Waals surface area (Å²) in [7, 11) is 0. The summed E-state index contributed by atoms with van der Waals surface area (Å²) < 4.78 is 0. The van der Waals surface area contributed by atoms with Crippen LogP contribution < -0.4 is 0 Å². The summed E-state index contributed by atoms with van der Waals surface area (Å²) in [6.45, 7) is 3.35. The molecule has 1 saturated heterocycles. The first-order chi connectivity index (χ1) is 14.4. The van der Waals surface area contributed by atoms with Gasteiger partial charge in [-0.3, -0.25) is 19.3 Å². The summed E-state index contributed by atoms with van der Waals surface area (Å²) in [5, 5.41) is 10.4. The van der Waals surface area contributed by atoms with Crippen molar-refractivity contribution >= 4 is 29.4 Å². The minimum Gasteiger partial charge on any atom is -0.481 e. The monoisotopic (exact) mass is 426 g/mol. The first-order valence-electron chi connectivity index (χ1n) is 10.0. The number of benzene rings is 2. The van der Waals surface area contributed by atoms with Crippen molar-refractivity contribution in [2.45, 2.75) is 25.3 Å². The molecular weight excluding hydrogens is 404 g/mol. The zero-order chi connectivity index (χ0) is 21.4. The van der Waals surface area contributed by atoms with Crippen molar-refractivity contribution in [1.29, 1.82) is 0 Å². The molecule has 2 aromatic rings. The Bertz CT molecular complexity index is 956. The molecule has 2 heterocycles. The lowest BCUT2D eigenvalue weighted by Gasteiger charge is -2.39. The Balaban J connectivity index is 1.46. The third-order valence-electron chi connectivity index (χ3n) is 6.10. The van der Waals surface area contributed by atoms with E-state index in [4.69, 9.17) is 11.6 Å². The van der Waals surface area contributed by atoms with Crippen LogP contribution in [-0.4, -0.2) is 58.4 Å². The highest BCUT2D eigenvalue weighted by Gasteiger charge is 2.40. The number of aliphatic carboxylic acids is 1. The van der Waals surface area contributed by atoms with Crippen molar-refractivity contribution in [2.24, 2.45) is 5.92 Å². The SMILES string of the molecule is CC(CN1CC[C@H](c2ccc(Cl)cc2)[C@H](C(=O)O)C1)N1C(=O)c2ccccc2C1=O. The van der Waals surface area contributed by atoms with Crippen molar-refractivity contribution in [3.63, 3.8) is 0 Å². The average Bonchev–Trinajstić information content (AvgIpc) is 2.99. The van der Waals surface area contributed by atoms with Crippen LogP contribution in [0, 0.1) is 5.92 Å². The molecule has 1 fully saturated rings. The Morgan fingerprint density at radius 1 is 1.10 bits per heavy atom. The second kappa shape index (κ2) is 8.20. The Kier molecular flexibility index (Phi) is 5.62. The number of amides is 2. The molecule has 0 spiro atoms. The van der Waals surface area contributed by atoms with Crippen molar-refractivity contribution in [1.82, 2.24) is 9.80 Å². The average molecular weight is 427 g/mol. The molecule has 30 heavy (non-hydrogen) atoms. The van der Waals surface area contributed by atoms with E-state index in [-0.39, 0.29) is 23.8 Å². The molecule has 0 aliphatic carbocycles. The number of imide groups is 1. The highest BCUT2D eigenvalue weighted by molar-refractivity contribution is 6.30. The smallest absolute Gasteiger partial charge is 0.308 e. The van der Waals surface area contributed by atoms with E-state index < -0.39 is 11.9 Å². The van der Waals surface area contributed by atoms with Crippen molar-refractivity contribution in [3.8, 4) is 0 Å². The lowest BCUT2D eigenvalue weighted by atomic mass is 9.80. The quantitative estimate of drug-likeness (QED) is 0.740. The van der Waals surface area contributed by atoms with Crippen LogP contribution in [0.25, 0.3) is 0 Å². The number of fused-ring (bicyclic) bond motifs is 1. The second-order valence-electron chi connectivity index (χ2n) is 8.03. The molecule has 2 amide bonds. The molecule has 7 heteroatoms. The van der Waals surface area contributed by atoms with E-state index in [2.05, 4.69) is 0 Å². The predicted molar refractivity (Wildman–Crippen MR) is 113 cm³/mol. The summed E-state index contributed by atoms with van der Waals surface area (Å²) in [6.07, 6.45) is 0.688. The van der Waals surface area contributed by atoms with Gasteiger partial charge in [-0.25, -0.2) is 0 Å². The fourth-order valence-corrected chi connectivity index (χ4v) is 4.73. The fraction of sp³-hybridized carbons (Fsp3) is 0.348. The fourth-order valence-electron chi connectivity index (χ4n) is 4.61. The molecule has 2 aromatic carbocycles. The molecule has 2 aliphatic rings. The number of halogens is 1. The van der Waals surface area contributed by atoms with E-state index in [1.54, 1.807) is 36.4 Å². The number of carbonyl (C=O) groups is 3. The van der Waals surface area contributed by atoms with Crippen molar-refractivity contribution < 1.29 is 19.5 Å². The number of piperidine rings is 1. The summed E-state index contributed by atoms with van der Waals surface area (Å²) >= 11 is 5.97. The third-order valence-corrected chi connectivity index (χ3v) is 6.35. The van der Waals surface area contributed by atoms with Gasteiger partial charge in [-0.05, 0) is 55.6 Å². The molecule has 2 aliphatic heterocycles. The minimum absolute atomic E-state index is 0.0920. The van der Waals surface area contributed by atoms with Gasteiger partial charge in [0.25, 0.3) is 11.8 Å². The Hall–Kier alpha value is -2.70. The maximum atomic E-state index is 12.7. The number of likely N-dealkylation sites (tertiary alicyclic amines) is 1. The molecule has 0 radical (unpaired) electrons. The summed E-state index contributed by atoms with van der Waals surface area (Å²) in [4.78, 5) is 40.7. The zero-order valence-corrected chi connectivity index (χ0v) is 17.4. The predicted octanol–water partition coefficient (Wildman–Crippen LogP) is 3.51. The number of carboxylic acids is 1. The van der Waals surface area contributed by atoms with Crippen molar-refractivity contribution in [2.75, 3.05) is 19.6 Å².